The van der Waals surface area contributed by atoms with Gasteiger partial charge in [0.2, 0.25) is 0 Å². The number of fused-ring (bicyclic) bond motifs is 1. The van der Waals surface area contributed by atoms with Crippen LogP contribution in [0, 0.1) is 11.6 Å². The van der Waals surface area contributed by atoms with Crippen LogP contribution in [-0.4, -0.2) is 40.1 Å². The highest BCUT2D eigenvalue weighted by atomic mass is 19.1. The highest BCUT2D eigenvalue weighted by Gasteiger charge is 2.27. The number of nitrogens with zero attached hydrogens (tertiary/aromatic N) is 1. The number of amides is 1. The Kier molecular flexibility index (Phi) is 8.66. The molecule has 1 heterocycles. The zero-order valence-electron chi connectivity index (χ0n) is 21.4. The summed E-state index contributed by atoms with van der Waals surface area (Å²) in [6.45, 7) is 2.63. The summed E-state index contributed by atoms with van der Waals surface area (Å²) in [6, 6.07) is 17.3. The van der Waals surface area contributed by atoms with Crippen molar-refractivity contribution >= 4 is 22.6 Å². The van der Waals surface area contributed by atoms with Crippen LogP contribution in [-0.2, 0) is 31.2 Å². The SMILES string of the molecule is CCc1cccc(CNCC(O)C(Cc2cc(F)cc(F)c2)NC(=O)C(=O)c2cn(C)c3ccccc23)c1. The van der Waals surface area contributed by atoms with Gasteiger partial charge in [0, 0.05) is 43.3 Å². The smallest absolute Gasteiger partial charge is 0.292 e. The van der Waals surface area contributed by atoms with E-state index in [9.17, 15) is 23.5 Å². The van der Waals surface area contributed by atoms with Crippen molar-refractivity contribution < 1.29 is 23.5 Å². The molecule has 6 nitrogen and oxygen atoms in total. The third kappa shape index (κ3) is 6.51. The molecule has 0 bridgehead atoms. The van der Waals surface area contributed by atoms with Gasteiger partial charge < -0.3 is 20.3 Å². The lowest BCUT2D eigenvalue weighted by molar-refractivity contribution is -0.118. The normalized spacial score (nSPS) is 12.9. The molecule has 0 saturated heterocycles. The summed E-state index contributed by atoms with van der Waals surface area (Å²) in [5.74, 6) is -3.19. The fourth-order valence-electron chi connectivity index (χ4n) is 4.61. The molecular formula is C30H31F2N3O3. The molecule has 3 N–H and O–H groups in total. The molecule has 0 saturated carbocycles. The Labute approximate surface area is 220 Å². The van der Waals surface area contributed by atoms with Crippen molar-refractivity contribution in [2.75, 3.05) is 6.54 Å². The molecular weight excluding hydrogens is 488 g/mol. The lowest BCUT2D eigenvalue weighted by atomic mass is 9.99. The molecule has 1 aromatic heterocycles. The molecule has 0 aliphatic heterocycles. The highest BCUT2D eigenvalue weighted by molar-refractivity contribution is 6.45. The lowest BCUT2D eigenvalue weighted by Crippen LogP contribution is -2.50. The summed E-state index contributed by atoms with van der Waals surface area (Å²) < 4.78 is 29.4. The van der Waals surface area contributed by atoms with E-state index in [1.165, 1.54) is 5.56 Å². The Morgan fingerprint density at radius 3 is 2.39 bits per heavy atom. The van der Waals surface area contributed by atoms with E-state index in [0.717, 1.165) is 35.7 Å². The number of aliphatic hydroxyl groups is 1. The Hall–Kier alpha value is -3.88. The minimum absolute atomic E-state index is 0.0720. The Morgan fingerprint density at radius 2 is 1.66 bits per heavy atom. The predicted octanol–water partition coefficient (Wildman–Crippen LogP) is 4.08. The van der Waals surface area contributed by atoms with E-state index in [0.29, 0.717) is 11.9 Å². The van der Waals surface area contributed by atoms with Crippen molar-refractivity contribution in [3.8, 4) is 0 Å². The molecule has 38 heavy (non-hydrogen) atoms. The van der Waals surface area contributed by atoms with E-state index >= 15 is 0 Å². The van der Waals surface area contributed by atoms with Gasteiger partial charge in [0.25, 0.3) is 11.7 Å². The van der Waals surface area contributed by atoms with Gasteiger partial charge >= 0.3 is 0 Å². The number of carbonyl (C=O) groups is 2. The average Bonchev–Trinajstić information content (AvgIpc) is 3.23. The maximum atomic E-state index is 13.8. The topological polar surface area (TPSA) is 83.4 Å². The second-order valence-electron chi connectivity index (χ2n) is 9.43. The maximum absolute atomic E-state index is 13.8. The number of benzene rings is 3. The van der Waals surface area contributed by atoms with E-state index in [1.54, 1.807) is 29.9 Å². The summed E-state index contributed by atoms with van der Waals surface area (Å²) in [6.07, 6.45) is 1.28. The number of ketones is 1. The van der Waals surface area contributed by atoms with Crippen LogP contribution in [0.2, 0.25) is 0 Å². The first kappa shape index (κ1) is 27.2. The van der Waals surface area contributed by atoms with Crippen LogP contribution in [0.3, 0.4) is 0 Å². The number of aromatic nitrogens is 1. The monoisotopic (exact) mass is 519 g/mol. The zero-order chi connectivity index (χ0) is 27.2. The van der Waals surface area contributed by atoms with Crippen LogP contribution in [0.5, 0.6) is 0 Å². The number of halogens is 2. The number of Topliss-reactive ketones (excluding diaryl/α,β-unsaturated/α-hetero) is 1. The number of carbonyl (C=O) groups excluding carboxylic acids is 2. The molecule has 8 heteroatoms. The summed E-state index contributed by atoms with van der Waals surface area (Å²) in [5, 5.41) is 17.4. The Bertz CT molecular complexity index is 1430. The van der Waals surface area contributed by atoms with Gasteiger partial charge in [0.05, 0.1) is 17.7 Å². The van der Waals surface area contributed by atoms with Crippen molar-refractivity contribution in [1.82, 2.24) is 15.2 Å². The minimum Gasteiger partial charge on any atom is -0.390 e. The maximum Gasteiger partial charge on any atom is 0.292 e. The number of aryl methyl sites for hydroxylation is 2. The van der Waals surface area contributed by atoms with Gasteiger partial charge in [-0.2, -0.15) is 0 Å². The molecule has 0 radical (unpaired) electrons. The standard InChI is InChI=1S/C30H31F2N3O3/c1-3-19-7-6-8-20(11-19)16-33-17-28(36)26(14-21-12-22(31)15-23(32)13-21)34-30(38)29(37)25-18-35(2)27-10-5-4-9-24(25)27/h4-13,15,18,26,28,33,36H,3,14,16-17H2,1-2H3,(H,34,38). The van der Waals surface area contributed by atoms with Gasteiger partial charge in [-0.25, -0.2) is 8.78 Å². The largest absolute Gasteiger partial charge is 0.390 e. The second-order valence-corrected chi connectivity index (χ2v) is 9.43. The first-order valence-corrected chi connectivity index (χ1v) is 12.6. The number of hydrogen-bond acceptors (Lipinski definition) is 4. The van der Waals surface area contributed by atoms with Crippen LogP contribution < -0.4 is 10.6 Å². The molecule has 2 unspecified atom stereocenters. The molecule has 198 valence electrons. The minimum atomic E-state index is -1.14. The van der Waals surface area contributed by atoms with Crippen molar-refractivity contribution in [3.63, 3.8) is 0 Å². The molecule has 2 atom stereocenters. The number of para-hydroxylation sites is 1. The van der Waals surface area contributed by atoms with Gasteiger partial charge in [-0.1, -0.05) is 49.4 Å². The highest BCUT2D eigenvalue weighted by Crippen LogP contribution is 2.21. The predicted molar refractivity (Wildman–Crippen MR) is 143 cm³/mol. The van der Waals surface area contributed by atoms with E-state index in [4.69, 9.17) is 0 Å². The molecule has 4 aromatic rings. The average molecular weight is 520 g/mol. The molecule has 0 aliphatic rings. The van der Waals surface area contributed by atoms with Crippen molar-refractivity contribution in [2.24, 2.45) is 7.05 Å². The van der Waals surface area contributed by atoms with Gasteiger partial charge in [-0.05, 0) is 47.7 Å². The summed E-state index contributed by atoms with van der Waals surface area (Å²) in [5.41, 5.74) is 3.51. The lowest BCUT2D eigenvalue weighted by Gasteiger charge is -2.24. The zero-order valence-corrected chi connectivity index (χ0v) is 21.4. The number of aliphatic hydroxyl groups excluding tert-OH is 1. The van der Waals surface area contributed by atoms with Crippen molar-refractivity contribution in [1.29, 1.82) is 0 Å². The van der Waals surface area contributed by atoms with Gasteiger partial charge in [0.1, 0.15) is 11.6 Å². The second kappa shape index (κ2) is 12.1. The quantitative estimate of drug-likeness (QED) is 0.206. The van der Waals surface area contributed by atoms with Crippen LogP contribution in [0.25, 0.3) is 10.9 Å². The van der Waals surface area contributed by atoms with E-state index < -0.39 is 35.5 Å². The van der Waals surface area contributed by atoms with E-state index in [1.807, 2.05) is 30.3 Å². The third-order valence-corrected chi connectivity index (χ3v) is 6.59. The molecule has 3 aromatic carbocycles. The van der Waals surface area contributed by atoms with Crippen molar-refractivity contribution in [3.05, 3.63) is 107 Å². The van der Waals surface area contributed by atoms with Gasteiger partial charge in [0.15, 0.2) is 0 Å². The molecule has 0 aliphatic carbocycles. The van der Waals surface area contributed by atoms with Gasteiger partial charge in [-0.3, -0.25) is 9.59 Å². The summed E-state index contributed by atoms with van der Waals surface area (Å²) >= 11 is 0. The molecule has 1 amide bonds. The summed E-state index contributed by atoms with van der Waals surface area (Å²) in [4.78, 5) is 26.2. The molecule has 4 rings (SSSR count). The van der Waals surface area contributed by atoms with Crippen molar-refractivity contribution in [2.45, 2.75) is 38.5 Å². The Balaban J connectivity index is 1.50. The third-order valence-electron chi connectivity index (χ3n) is 6.59. The Morgan fingerprint density at radius 1 is 0.947 bits per heavy atom. The van der Waals surface area contributed by atoms with E-state index in [-0.39, 0.29) is 24.1 Å². The number of rotatable bonds is 11. The first-order valence-electron chi connectivity index (χ1n) is 12.6. The molecule has 0 spiro atoms. The van der Waals surface area contributed by atoms with Crippen LogP contribution in [0.1, 0.15) is 34.0 Å². The van der Waals surface area contributed by atoms with Crippen LogP contribution >= 0.6 is 0 Å². The van der Waals surface area contributed by atoms with E-state index in [2.05, 4.69) is 23.6 Å². The summed E-state index contributed by atoms with van der Waals surface area (Å²) in [7, 11) is 1.78. The fourth-order valence-corrected chi connectivity index (χ4v) is 4.61. The van der Waals surface area contributed by atoms with Crippen LogP contribution in [0.4, 0.5) is 8.78 Å². The number of nitrogens with one attached hydrogen (secondary N) is 2. The molecule has 0 fully saturated rings. The van der Waals surface area contributed by atoms with Gasteiger partial charge in [-0.15, -0.1) is 0 Å². The van der Waals surface area contributed by atoms with Crippen LogP contribution in [0.15, 0.2) is 72.9 Å². The first-order chi connectivity index (χ1) is 18.2. The number of hydrogen-bond donors (Lipinski definition) is 3. The fraction of sp³-hybridized carbons (Fsp3) is 0.267.